The molecule has 0 spiro atoms. The largest absolute Gasteiger partial charge is 0.491 e. The molecule has 2 aromatic rings. The minimum atomic E-state index is -0.504. The molecule has 0 radical (unpaired) electrons. The molecule has 4 rings (SSSR count). The number of rotatable bonds is 12. The van der Waals surface area contributed by atoms with E-state index in [1.165, 1.54) is 14.2 Å². The highest BCUT2D eigenvalue weighted by molar-refractivity contribution is 6.32. The van der Waals surface area contributed by atoms with Crippen LogP contribution in [0.25, 0.3) is 0 Å². The molecular weight excluding hydrogens is 723 g/mol. The van der Waals surface area contributed by atoms with Crippen molar-refractivity contribution in [3.05, 3.63) is 57.6 Å². The molecule has 0 aliphatic carbocycles. The first-order valence-corrected chi connectivity index (χ1v) is 18.9. The van der Waals surface area contributed by atoms with E-state index < -0.39 is 5.60 Å². The van der Waals surface area contributed by atoms with E-state index in [0.29, 0.717) is 66.5 Å². The molecule has 0 unspecified atom stereocenters. The molecule has 296 valence electrons. The maximum Gasteiger partial charge on any atom is 0.410 e. The van der Waals surface area contributed by atoms with E-state index in [1.54, 1.807) is 29.2 Å². The summed E-state index contributed by atoms with van der Waals surface area (Å²) >= 11 is 12.4. The first-order chi connectivity index (χ1) is 25.0. The Morgan fingerprint density at radius 3 is 1.53 bits per heavy atom. The molecule has 14 heteroatoms. The minimum Gasteiger partial charge on any atom is -0.491 e. The monoisotopic (exact) mass is 780 g/mol. The third-order valence-electron chi connectivity index (χ3n) is 9.12. The van der Waals surface area contributed by atoms with Crippen molar-refractivity contribution in [3.63, 3.8) is 0 Å². The summed E-state index contributed by atoms with van der Waals surface area (Å²) in [7, 11) is 2.74. The van der Waals surface area contributed by atoms with Crippen LogP contribution in [-0.4, -0.2) is 129 Å². The molecule has 12 nitrogen and oxygen atoms in total. The Kier molecular flexibility index (Phi) is 17.5. The van der Waals surface area contributed by atoms with Gasteiger partial charge < -0.3 is 33.9 Å². The van der Waals surface area contributed by atoms with Gasteiger partial charge in [0.1, 0.15) is 30.3 Å². The molecule has 53 heavy (non-hydrogen) atoms. The molecule has 1 N–H and O–H groups in total. The second-order valence-corrected chi connectivity index (χ2v) is 15.5. The molecule has 0 bridgehead atoms. The zero-order valence-corrected chi connectivity index (χ0v) is 34.2. The van der Waals surface area contributed by atoms with E-state index in [2.05, 4.69) is 47.5 Å². The van der Waals surface area contributed by atoms with Gasteiger partial charge in [-0.15, -0.1) is 0 Å². The second-order valence-electron chi connectivity index (χ2n) is 14.6. The van der Waals surface area contributed by atoms with Crippen molar-refractivity contribution in [1.82, 2.24) is 20.0 Å². The van der Waals surface area contributed by atoms with Crippen molar-refractivity contribution in [1.29, 1.82) is 0 Å². The average molecular weight is 782 g/mol. The number of benzene rings is 2. The number of piperazine rings is 2. The lowest BCUT2D eigenvalue weighted by Gasteiger charge is -2.44. The number of nitrogens with one attached hydrogen (secondary N) is 1. The molecule has 0 saturated carbocycles. The van der Waals surface area contributed by atoms with E-state index >= 15 is 0 Å². The predicted molar refractivity (Wildman–Crippen MR) is 207 cm³/mol. The van der Waals surface area contributed by atoms with E-state index in [1.807, 2.05) is 32.9 Å². The third-order valence-corrected chi connectivity index (χ3v) is 9.75. The fraction of sp³-hybridized carbons (Fsp3) is 0.615. The highest BCUT2D eigenvalue weighted by Crippen LogP contribution is 2.28. The summed E-state index contributed by atoms with van der Waals surface area (Å²) < 4.78 is 26.6. The summed E-state index contributed by atoms with van der Waals surface area (Å²) in [6, 6.07) is 12.0. The number of amides is 1. The molecule has 2 saturated heterocycles. The Morgan fingerprint density at radius 2 is 1.13 bits per heavy atom. The van der Waals surface area contributed by atoms with Crippen molar-refractivity contribution in [2.75, 3.05) is 66.7 Å². The Bertz CT molecular complexity index is 1480. The maximum absolute atomic E-state index is 12.4. The number of hydrogen-bond acceptors (Lipinski definition) is 11. The number of halogens is 2. The maximum atomic E-state index is 12.4. The van der Waals surface area contributed by atoms with Gasteiger partial charge in [-0.05, 0) is 83.9 Å². The standard InChI is InChI=1S/C22H33ClN2O5.C17H25ClN2O3/c1-15-13-24(21(27)30-22(3,4)5)14-16(2)25(15)9-10-29-19-11-17(7-8-18(19)23)12-20(26)28-6;1-12-10-19-11-13(2)20(12)6-7-23-16-8-14(4-5-15(16)18)9-17(21)22-3/h7-8,11,15-16H,9-10,12-14H2,1-6H3;4-5,8,12-13,19H,6-7,9-11H2,1-3H3/t15-,16+;12-,13+. The zero-order valence-electron chi connectivity index (χ0n) is 32.7. The smallest absolute Gasteiger partial charge is 0.410 e. The minimum absolute atomic E-state index is 0.171. The molecule has 2 heterocycles. The topological polar surface area (TPSA) is 119 Å². The summed E-state index contributed by atoms with van der Waals surface area (Å²) in [5, 5.41) is 4.47. The molecule has 1 amide bonds. The quantitative estimate of drug-likeness (QED) is 0.206. The van der Waals surface area contributed by atoms with Crippen LogP contribution in [0.15, 0.2) is 36.4 Å². The first-order valence-electron chi connectivity index (χ1n) is 18.2. The van der Waals surface area contributed by atoms with Gasteiger partial charge in [0.2, 0.25) is 0 Å². The summed E-state index contributed by atoms with van der Waals surface area (Å²) in [6.07, 6.45) is 0.118. The van der Waals surface area contributed by atoms with Crippen molar-refractivity contribution in [2.24, 2.45) is 0 Å². The summed E-state index contributed by atoms with van der Waals surface area (Å²) in [6.45, 7) is 20.0. The number of carbonyl (C=O) groups is 3. The van der Waals surface area contributed by atoms with Gasteiger partial charge in [0, 0.05) is 63.4 Å². The van der Waals surface area contributed by atoms with Gasteiger partial charge in [0.25, 0.3) is 0 Å². The van der Waals surface area contributed by atoms with E-state index in [9.17, 15) is 14.4 Å². The van der Waals surface area contributed by atoms with Gasteiger partial charge >= 0.3 is 18.0 Å². The molecule has 2 aliphatic heterocycles. The fourth-order valence-electron chi connectivity index (χ4n) is 6.42. The predicted octanol–water partition coefficient (Wildman–Crippen LogP) is 5.88. The Labute approximate surface area is 325 Å². The van der Waals surface area contributed by atoms with Gasteiger partial charge in [-0.1, -0.05) is 35.3 Å². The lowest BCUT2D eigenvalue weighted by atomic mass is 10.1. The highest BCUT2D eigenvalue weighted by atomic mass is 35.5. The van der Waals surface area contributed by atoms with E-state index in [-0.39, 0.29) is 43.0 Å². The summed E-state index contributed by atoms with van der Waals surface area (Å²) in [4.78, 5) is 41.7. The van der Waals surface area contributed by atoms with Gasteiger partial charge in [-0.25, -0.2) is 4.79 Å². The molecule has 2 aliphatic rings. The Hall–Kier alpha value is -3.29. The average Bonchev–Trinajstić information content (AvgIpc) is 3.09. The van der Waals surface area contributed by atoms with Crippen LogP contribution in [0.4, 0.5) is 4.79 Å². The van der Waals surface area contributed by atoms with Crippen LogP contribution in [0.5, 0.6) is 11.5 Å². The van der Waals surface area contributed by atoms with Gasteiger partial charge in [-0.3, -0.25) is 19.4 Å². The lowest BCUT2D eigenvalue weighted by Crippen LogP contribution is -2.59. The molecule has 0 aromatic heterocycles. The van der Waals surface area contributed by atoms with Crippen LogP contribution < -0.4 is 14.8 Å². The van der Waals surface area contributed by atoms with Crippen LogP contribution in [0.2, 0.25) is 10.0 Å². The number of esters is 2. The van der Waals surface area contributed by atoms with Crippen LogP contribution in [0, 0.1) is 0 Å². The lowest BCUT2D eigenvalue weighted by molar-refractivity contribution is -0.140. The summed E-state index contributed by atoms with van der Waals surface area (Å²) in [5.41, 5.74) is 1.12. The fourth-order valence-corrected chi connectivity index (χ4v) is 6.76. The van der Waals surface area contributed by atoms with E-state index in [0.717, 1.165) is 30.8 Å². The van der Waals surface area contributed by atoms with Gasteiger partial charge in [-0.2, -0.15) is 0 Å². The van der Waals surface area contributed by atoms with Crippen molar-refractivity contribution < 1.29 is 38.1 Å². The second kappa shape index (κ2) is 21.0. The third kappa shape index (κ3) is 14.5. The van der Waals surface area contributed by atoms with Crippen LogP contribution in [-0.2, 0) is 36.6 Å². The van der Waals surface area contributed by atoms with Crippen LogP contribution >= 0.6 is 23.2 Å². The summed E-state index contributed by atoms with van der Waals surface area (Å²) in [5.74, 6) is 0.574. The number of carbonyl (C=O) groups excluding carboxylic acids is 3. The Morgan fingerprint density at radius 1 is 0.717 bits per heavy atom. The van der Waals surface area contributed by atoms with E-state index in [4.69, 9.17) is 42.1 Å². The van der Waals surface area contributed by atoms with Crippen LogP contribution in [0.1, 0.15) is 59.6 Å². The number of methoxy groups -OCH3 is 2. The number of hydrogen-bond donors (Lipinski definition) is 1. The normalized spacial score (nSPS) is 20.8. The van der Waals surface area contributed by atoms with Crippen molar-refractivity contribution in [3.8, 4) is 11.5 Å². The number of ether oxygens (including phenoxy) is 5. The SMILES string of the molecule is COC(=O)Cc1ccc(Cl)c(OCCN2[C@H](C)CN(C(=O)OC(C)(C)C)C[C@@H]2C)c1.COC(=O)Cc1ccc(Cl)c(OCCN2[C@H](C)CNC[C@@H]2C)c1. The molecule has 2 fully saturated rings. The Balaban J connectivity index is 0.000000295. The van der Waals surface area contributed by atoms with Crippen LogP contribution in [0.3, 0.4) is 0 Å². The van der Waals surface area contributed by atoms with Gasteiger partial charge in [0.05, 0.1) is 37.1 Å². The highest BCUT2D eigenvalue weighted by Gasteiger charge is 2.34. The van der Waals surface area contributed by atoms with Gasteiger partial charge in [0.15, 0.2) is 0 Å². The molecular formula is C39H58Cl2N4O8. The number of nitrogens with zero attached hydrogens (tertiary/aromatic N) is 3. The molecule has 4 atom stereocenters. The van der Waals surface area contributed by atoms with Crippen molar-refractivity contribution >= 4 is 41.2 Å². The molecule has 2 aromatic carbocycles. The van der Waals surface area contributed by atoms with Crippen molar-refractivity contribution in [2.45, 2.75) is 91.1 Å². The first kappa shape index (κ1) is 44.1. The zero-order chi connectivity index (χ0) is 39.3.